The van der Waals surface area contributed by atoms with Gasteiger partial charge in [-0.25, -0.2) is 0 Å². The van der Waals surface area contributed by atoms with Crippen LogP contribution in [0.25, 0.3) is 0 Å². The first-order chi connectivity index (χ1) is 8.16. The van der Waals surface area contributed by atoms with Crippen molar-refractivity contribution in [2.24, 2.45) is 0 Å². The lowest BCUT2D eigenvalue weighted by molar-refractivity contribution is 1.06. The van der Waals surface area contributed by atoms with Gasteiger partial charge >= 0.3 is 0 Å². The fourth-order valence-electron chi connectivity index (χ4n) is 1.91. The van der Waals surface area contributed by atoms with Gasteiger partial charge in [0.25, 0.3) is 0 Å². The number of hydrogen-bond acceptors (Lipinski definition) is 0. The molecule has 0 nitrogen and oxygen atoms in total. The Morgan fingerprint density at radius 1 is 0.611 bits per heavy atom. The van der Waals surface area contributed by atoms with Gasteiger partial charge in [-0.15, -0.1) is 0 Å². The Hall–Kier alpha value is -0.346. The molecule has 0 unspecified atom stereocenters. The second-order valence-electron chi connectivity index (χ2n) is 7.94. The first-order valence-corrected chi connectivity index (χ1v) is 14.6. The predicted molar refractivity (Wildman–Crippen MR) is 90.2 cm³/mol. The van der Waals surface area contributed by atoms with E-state index in [2.05, 4.69) is 63.5 Å². The molecule has 0 aliphatic carbocycles. The van der Waals surface area contributed by atoms with Crippen LogP contribution in [0.2, 0.25) is 51.4 Å². The van der Waals surface area contributed by atoms with Gasteiger partial charge in [0.1, 0.15) is 0 Å². The highest BCUT2D eigenvalue weighted by atomic mass is 28.3. The quantitative estimate of drug-likeness (QED) is 0.607. The van der Waals surface area contributed by atoms with Gasteiger partial charge in [0.2, 0.25) is 0 Å². The van der Waals surface area contributed by atoms with Gasteiger partial charge in [0, 0.05) is 16.1 Å². The average Bonchev–Trinajstić information content (AvgIpc) is 2.23. The third kappa shape index (κ3) is 7.17. The smallest absolute Gasteiger partial charge is 0.0445 e. The molecule has 2 heteroatoms. The van der Waals surface area contributed by atoms with Gasteiger partial charge in [-0.3, -0.25) is 0 Å². The molecule has 0 radical (unpaired) electrons. The van der Waals surface area contributed by atoms with Crippen molar-refractivity contribution >= 4 is 16.1 Å². The maximum absolute atomic E-state index is 2.45. The summed E-state index contributed by atoms with van der Waals surface area (Å²) >= 11 is 0. The van der Waals surface area contributed by atoms with Gasteiger partial charge in [-0.1, -0.05) is 75.6 Å². The van der Waals surface area contributed by atoms with Gasteiger partial charge in [-0.05, 0) is 24.0 Å². The minimum absolute atomic E-state index is 0.888. The molecule has 0 saturated carbocycles. The molecule has 102 valence electrons. The zero-order chi connectivity index (χ0) is 13.8. The van der Waals surface area contributed by atoms with Crippen LogP contribution in [0, 0.1) is 0 Å². The second kappa shape index (κ2) is 6.20. The molecule has 0 amide bonds. The summed E-state index contributed by atoms with van der Waals surface area (Å²) < 4.78 is 0. The molecular weight excluding hydrogens is 248 g/mol. The third-order valence-corrected chi connectivity index (χ3v) is 6.85. The molecule has 0 aliphatic rings. The predicted octanol–water partition coefficient (Wildman–Crippen LogP) is 5.45. The van der Waals surface area contributed by atoms with Gasteiger partial charge in [0.05, 0.1) is 0 Å². The third-order valence-electron chi connectivity index (χ3n) is 3.35. The minimum atomic E-state index is -0.888. The summed E-state index contributed by atoms with van der Waals surface area (Å²) in [4.78, 5) is 0. The van der Waals surface area contributed by atoms with Crippen LogP contribution >= 0.6 is 0 Å². The highest BCUT2D eigenvalue weighted by Gasteiger charge is 2.13. The van der Waals surface area contributed by atoms with Gasteiger partial charge in [-0.2, -0.15) is 0 Å². The largest absolute Gasteiger partial charge is 0.0695 e. The Labute approximate surface area is 116 Å². The number of aryl methyl sites for hydroxylation is 2. The maximum Gasteiger partial charge on any atom is 0.0445 e. The van der Waals surface area contributed by atoms with Crippen molar-refractivity contribution in [3.63, 3.8) is 0 Å². The Bertz CT molecular complexity index is 315. The summed E-state index contributed by atoms with van der Waals surface area (Å²) in [6.07, 6.45) is 2.54. The van der Waals surface area contributed by atoms with Crippen molar-refractivity contribution in [3.05, 3.63) is 35.4 Å². The molecule has 0 aromatic heterocycles. The molecule has 0 aliphatic heterocycles. The van der Waals surface area contributed by atoms with Crippen LogP contribution in [0.4, 0.5) is 0 Å². The van der Waals surface area contributed by atoms with E-state index >= 15 is 0 Å². The SMILES string of the molecule is C[Si](C)(C)CCc1ccc(CC[Si](C)(C)C)cc1. The number of hydrogen-bond donors (Lipinski definition) is 0. The van der Waals surface area contributed by atoms with E-state index in [9.17, 15) is 0 Å². The fraction of sp³-hybridized carbons (Fsp3) is 0.625. The summed E-state index contributed by atoms with van der Waals surface area (Å²) in [5.41, 5.74) is 3.04. The molecule has 1 aromatic rings. The van der Waals surface area contributed by atoms with E-state index in [4.69, 9.17) is 0 Å². The lowest BCUT2D eigenvalue weighted by Gasteiger charge is -2.16. The van der Waals surface area contributed by atoms with Crippen molar-refractivity contribution in [2.45, 2.75) is 64.2 Å². The highest BCUT2D eigenvalue weighted by molar-refractivity contribution is 6.76. The fourth-order valence-corrected chi connectivity index (χ4v) is 3.99. The second-order valence-corrected chi connectivity index (χ2v) is 19.2. The lowest BCUT2D eigenvalue weighted by Crippen LogP contribution is -2.20. The topological polar surface area (TPSA) is 0 Å². The minimum Gasteiger partial charge on any atom is -0.0695 e. The van der Waals surface area contributed by atoms with E-state index in [0.717, 1.165) is 0 Å². The first kappa shape index (κ1) is 15.7. The summed E-state index contributed by atoms with van der Waals surface area (Å²) in [6.45, 7) is 14.7. The molecule has 0 spiro atoms. The Morgan fingerprint density at radius 3 is 1.11 bits per heavy atom. The standard InChI is InChI=1S/C16H30Si2/c1-17(2,3)13-11-15-7-9-16(10-8-15)12-14-18(4,5)6/h7-10H,11-14H2,1-6H3. The van der Waals surface area contributed by atoms with Crippen molar-refractivity contribution in [1.82, 2.24) is 0 Å². The van der Waals surface area contributed by atoms with Crippen molar-refractivity contribution in [3.8, 4) is 0 Å². The molecule has 1 rings (SSSR count). The Morgan fingerprint density at radius 2 is 0.889 bits per heavy atom. The lowest BCUT2D eigenvalue weighted by atomic mass is 10.1. The summed E-state index contributed by atoms with van der Waals surface area (Å²) in [7, 11) is -1.78. The van der Waals surface area contributed by atoms with Crippen LogP contribution in [0.3, 0.4) is 0 Å². The molecule has 0 N–H and O–H groups in total. The van der Waals surface area contributed by atoms with Crippen LogP contribution in [0.15, 0.2) is 24.3 Å². The van der Waals surface area contributed by atoms with Crippen LogP contribution < -0.4 is 0 Å². The van der Waals surface area contributed by atoms with E-state index in [1.165, 1.54) is 36.1 Å². The average molecular weight is 279 g/mol. The monoisotopic (exact) mass is 278 g/mol. The molecule has 1 aromatic carbocycles. The Balaban J connectivity index is 2.48. The van der Waals surface area contributed by atoms with E-state index in [-0.39, 0.29) is 0 Å². The van der Waals surface area contributed by atoms with Crippen molar-refractivity contribution in [1.29, 1.82) is 0 Å². The maximum atomic E-state index is 2.45. The first-order valence-electron chi connectivity index (χ1n) is 7.24. The molecule has 18 heavy (non-hydrogen) atoms. The summed E-state index contributed by atoms with van der Waals surface area (Å²) in [5, 5.41) is 0. The molecular formula is C16H30Si2. The van der Waals surface area contributed by atoms with Crippen LogP contribution in [-0.4, -0.2) is 16.1 Å². The van der Waals surface area contributed by atoms with Gasteiger partial charge in [0.15, 0.2) is 0 Å². The van der Waals surface area contributed by atoms with Crippen LogP contribution in [0.1, 0.15) is 11.1 Å². The van der Waals surface area contributed by atoms with E-state index in [1.807, 2.05) is 0 Å². The number of benzene rings is 1. The molecule has 0 fully saturated rings. The Kier molecular flexibility index (Phi) is 5.41. The van der Waals surface area contributed by atoms with Gasteiger partial charge < -0.3 is 0 Å². The van der Waals surface area contributed by atoms with E-state index in [1.54, 1.807) is 0 Å². The molecule has 0 heterocycles. The zero-order valence-electron chi connectivity index (χ0n) is 13.1. The summed E-state index contributed by atoms with van der Waals surface area (Å²) in [6, 6.07) is 12.2. The highest BCUT2D eigenvalue weighted by Crippen LogP contribution is 2.17. The van der Waals surface area contributed by atoms with Crippen LogP contribution in [0.5, 0.6) is 0 Å². The van der Waals surface area contributed by atoms with Crippen molar-refractivity contribution in [2.75, 3.05) is 0 Å². The van der Waals surface area contributed by atoms with E-state index in [0.29, 0.717) is 0 Å². The van der Waals surface area contributed by atoms with Crippen LogP contribution in [-0.2, 0) is 12.8 Å². The molecule has 0 atom stereocenters. The normalized spacial score (nSPS) is 12.8. The van der Waals surface area contributed by atoms with E-state index < -0.39 is 16.1 Å². The molecule has 0 bridgehead atoms. The summed E-state index contributed by atoms with van der Waals surface area (Å²) in [5.74, 6) is 0. The number of rotatable bonds is 6. The zero-order valence-corrected chi connectivity index (χ0v) is 15.1. The molecule has 0 saturated heterocycles. The van der Waals surface area contributed by atoms with Crippen molar-refractivity contribution < 1.29 is 0 Å².